The maximum atomic E-state index is 12.5. The molecule has 0 spiro atoms. The fourth-order valence-corrected chi connectivity index (χ4v) is 2.89. The Morgan fingerprint density at radius 1 is 1.23 bits per heavy atom. The van der Waals surface area contributed by atoms with Crippen LogP contribution in [0.5, 0.6) is 5.88 Å². The number of hydrogen-bond acceptors (Lipinski definition) is 5. The summed E-state index contributed by atoms with van der Waals surface area (Å²) in [7, 11) is 0. The van der Waals surface area contributed by atoms with E-state index in [0.717, 1.165) is 24.0 Å². The Labute approximate surface area is 158 Å². The summed E-state index contributed by atoms with van der Waals surface area (Å²) in [6.07, 6.45) is 1.05. The molecule has 0 N–H and O–H groups in total. The van der Waals surface area contributed by atoms with Gasteiger partial charge in [-0.25, -0.2) is 4.79 Å². The highest BCUT2D eigenvalue weighted by atomic mass is 35.5. The highest BCUT2D eigenvalue weighted by molar-refractivity contribution is 6.28. The van der Waals surface area contributed by atoms with Crippen molar-refractivity contribution in [2.75, 3.05) is 11.4 Å². The number of anilines is 1. The second kappa shape index (κ2) is 7.50. The lowest BCUT2D eigenvalue weighted by Crippen LogP contribution is -2.40. The summed E-state index contributed by atoms with van der Waals surface area (Å²) in [4.78, 5) is 22.5. The number of aromatic nitrogens is 2. The molecule has 2 aromatic rings. The van der Waals surface area contributed by atoms with E-state index in [2.05, 4.69) is 9.97 Å². The van der Waals surface area contributed by atoms with Gasteiger partial charge in [0, 0.05) is 6.54 Å². The van der Waals surface area contributed by atoms with Crippen LogP contribution in [-0.2, 0) is 17.8 Å². The van der Waals surface area contributed by atoms with Gasteiger partial charge >= 0.3 is 6.09 Å². The maximum absolute atomic E-state index is 12.5. The fourth-order valence-electron chi connectivity index (χ4n) is 2.73. The van der Waals surface area contributed by atoms with Crippen molar-refractivity contribution in [1.29, 1.82) is 0 Å². The lowest BCUT2D eigenvalue weighted by Gasteiger charge is -2.31. The molecule has 0 fully saturated rings. The van der Waals surface area contributed by atoms with Gasteiger partial charge in [0.15, 0.2) is 0 Å². The summed E-state index contributed by atoms with van der Waals surface area (Å²) in [6.45, 7) is 6.38. The number of amides is 1. The molecule has 138 valence electrons. The van der Waals surface area contributed by atoms with Crippen molar-refractivity contribution in [1.82, 2.24) is 9.97 Å². The van der Waals surface area contributed by atoms with Crippen molar-refractivity contribution in [2.24, 2.45) is 0 Å². The summed E-state index contributed by atoms with van der Waals surface area (Å²) >= 11 is 6.09. The molecule has 3 rings (SSSR count). The highest BCUT2D eigenvalue weighted by Crippen LogP contribution is 2.34. The molecule has 26 heavy (non-hydrogen) atoms. The van der Waals surface area contributed by atoms with Gasteiger partial charge in [0.25, 0.3) is 0 Å². The quantitative estimate of drug-likeness (QED) is 0.744. The second-order valence-electron chi connectivity index (χ2n) is 7.11. The Morgan fingerprint density at radius 3 is 2.65 bits per heavy atom. The van der Waals surface area contributed by atoms with Crippen molar-refractivity contribution in [3.63, 3.8) is 0 Å². The molecular formula is C19H22ClN3O3. The number of carbonyl (C=O) groups excluding carboxylic acids is 1. The van der Waals surface area contributed by atoms with Crippen LogP contribution in [0.3, 0.4) is 0 Å². The van der Waals surface area contributed by atoms with Crippen LogP contribution in [0, 0.1) is 0 Å². The Balaban J connectivity index is 1.86. The van der Waals surface area contributed by atoms with E-state index in [-0.39, 0.29) is 5.28 Å². The van der Waals surface area contributed by atoms with E-state index in [1.807, 2.05) is 51.1 Å². The van der Waals surface area contributed by atoms with Gasteiger partial charge < -0.3 is 9.47 Å². The first-order chi connectivity index (χ1) is 12.3. The van der Waals surface area contributed by atoms with Crippen molar-refractivity contribution < 1.29 is 14.3 Å². The van der Waals surface area contributed by atoms with Gasteiger partial charge in [-0.15, -0.1) is 0 Å². The predicted octanol–water partition coefficient (Wildman–Crippen LogP) is 4.40. The SMILES string of the molecule is CC(C)(C)OC(=O)N1CCCc2c(OCc3ccccc3)nc(Cl)nc21. The van der Waals surface area contributed by atoms with Crippen molar-refractivity contribution >= 4 is 23.5 Å². The van der Waals surface area contributed by atoms with E-state index in [4.69, 9.17) is 21.1 Å². The molecule has 1 aliphatic heterocycles. The second-order valence-corrected chi connectivity index (χ2v) is 7.45. The molecule has 0 atom stereocenters. The van der Waals surface area contributed by atoms with Gasteiger partial charge in [-0.1, -0.05) is 30.3 Å². The number of halogens is 1. The zero-order valence-corrected chi connectivity index (χ0v) is 15.9. The number of fused-ring (bicyclic) bond motifs is 1. The van der Waals surface area contributed by atoms with Crippen LogP contribution >= 0.6 is 11.6 Å². The zero-order valence-electron chi connectivity index (χ0n) is 15.2. The van der Waals surface area contributed by atoms with Crippen molar-refractivity contribution in [2.45, 2.75) is 45.8 Å². The van der Waals surface area contributed by atoms with Gasteiger partial charge in [-0.05, 0) is 50.8 Å². The number of hydrogen-bond donors (Lipinski definition) is 0. The number of rotatable bonds is 3. The van der Waals surface area contributed by atoms with Crippen LogP contribution in [0.25, 0.3) is 0 Å². The monoisotopic (exact) mass is 375 g/mol. The summed E-state index contributed by atoms with van der Waals surface area (Å²) in [5.41, 5.74) is 1.22. The van der Waals surface area contributed by atoms with Crippen LogP contribution in [0.4, 0.5) is 10.6 Å². The topological polar surface area (TPSA) is 64.5 Å². The van der Waals surface area contributed by atoms with Crippen molar-refractivity contribution in [3.8, 4) is 5.88 Å². The van der Waals surface area contributed by atoms with Crippen LogP contribution in [0.1, 0.15) is 38.3 Å². The lowest BCUT2D eigenvalue weighted by molar-refractivity contribution is 0.0576. The van der Waals surface area contributed by atoms with Crippen LogP contribution in [0.15, 0.2) is 30.3 Å². The third-order valence-electron chi connectivity index (χ3n) is 3.82. The molecule has 2 heterocycles. The van der Waals surface area contributed by atoms with E-state index < -0.39 is 11.7 Å². The summed E-state index contributed by atoms with van der Waals surface area (Å²) < 4.78 is 11.4. The van der Waals surface area contributed by atoms with Crippen LogP contribution in [0.2, 0.25) is 5.28 Å². The molecule has 0 saturated heterocycles. The Bertz CT molecular complexity index is 791. The van der Waals surface area contributed by atoms with E-state index in [0.29, 0.717) is 24.8 Å². The predicted molar refractivity (Wildman–Crippen MR) is 99.7 cm³/mol. The average Bonchev–Trinajstić information content (AvgIpc) is 2.58. The minimum atomic E-state index is -0.585. The van der Waals surface area contributed by atoms with E-state index in [1.54, 1.807) is 0 Å². The first-order valence-electron chi connectivity index (χ1n) is 8.57. The Morgan fingerprint density at radius 2 is 1.96 bits per heavy atom. The minimum Gasteiger partial charge on any atom is -0.472 e. The van der Waals surface area contributed by atoms with E-state index in [9.17, 15) is 4.79 Å². The molecular weight excluding hydrogens is 354 g/mol. The standard InChI is InChI=1S/C19H22ClN3O3/c1-19(2,3)26-18(24)23-11-7-10-14-15(23)21-17(20)22-16(14)25-12-13-8-5-4-6-9-13/h4-6,8-9H,7,10-12H2,1-3H3. The third kappa shape index (κ3) is 4.43. The molecule has 0 unspecified atom stereocenters. The van der Waals surface area contributed by atoms with Gasteiger partial charge in [-0.2, -0.15) is 9.97 Å². The zero-order chi connectivity index (χ0) is 18.7. The third-order valence-corrected chi connectivity index (χ3v) is 3.99. The summed E-state index contributed by atoms with van der Waals surface area (Å²) in [5, 5.41) is 0.0438. The fraction of sp³-hybridized carbons (Fsp3) is 0.421. The van der Waals surface area contributed by atoms with Gasteiger partial charge in [0.05, 0.1) is 5.56 Å². The molecule has 1 aliphatic rings. The first-order valence-corrected chi connectivity index (χ1v) is 8.95. The lowest BCUT2D eigenvalue weighted by atomic mass is 10.1. The van der Waals surface area contributed by atoms with Gasteiger partial charge in [-0.3, -0.25) is 4.90 Å². The van der Waals surface area contributed by atoms with Gasteiger partial charge in [0.1, 0.15) is 18.0 Å². The Kier molecular flexibility index (Phi) is 5.32. The molecule has 1 aromatic carbocycles. The highest BCUT2D eigenvalue weighted by Gasteiger charge is 2.31. The smallest absolute Gasteiger partial charge is 0.416 e. The molecule has 1 aromatic heterocycles. The molecule has 7 heteroatoms. The van der Waals surface area contributed by atoms with E-state index >= 15 is 0 Å². The average molecular weight is 376 g/mol. The number of benzene rings is 1. The van der Waals surface area contributed by atoms with E-state index in [1.165, 1.54) is 4.90 Å². The molecule has 0 aliphatic carbocycles. The number of nitrogens with zero attached hydrogens (tertiary/aromatic N) is 3. The van der Waals surface area contributed by atoms with Gasteiger partial charge in [0.2, 0.25) is 11.2 Å². The summed E-state index contributed by atoms with van der Waals surface area (Å²) in [6, 6.07) is 9.80. The van der Waals surface area contributed by atoms with Crippen molar-refractivity contribution in [3.05, 3.63) is 46.7 Å². The normalized spacial score (nSPS) is 13.9. The molecule has 0 saturated carbocycles. The number of carbonyl (C=O) groups is 1. The summed E-state index contributed by atoms with van der Waals surface area (Å²) in [5.74, 6) is 0.880. The maximum Gasteiger partial charge on any atom is 0.416 e. The minimum absolute atomic E-state index is 0.0438. The molecule has 0 radical (unpaired) electrons. The number of ether oxygens (including phenoxy) is 2. The first kappa shape index (κ1) is 18.5. The molecule has 6 nitrogen and oxygen atoms in total. The van der Waals surface area contributed by atoms with Crippen LogP contribution in [-0.4, -0.2) is 28.2 Å². The molecule has 0 bridgehead atoms. The Hall–Kier alpha value is -2.34. The molecule has 1 amide bonds. The largest absolute Gasteiger partial charge is 0.472 e. The van der Waals surface area contributed by atoms with Crippen LogP contribution < -0.4 is 9.64 Å².